The molecule has 0 saturated carbocycles. The molecule has 2 aliphatic rings. The van der Waals surface area contributed by atoms with Crippen LogP contribution in [0.25, 0.3) is 0 Å². The van der Waals surface area contributed by atoms with E-state index in [1.807, 2.05) is 0 Å². The van der Waals surface area contributed by atoms with Crippen molar-refractivity contribution in [3.8, 4) is 0 Å². The Labute approximate surface area is 165 Å². The molecule has 0 amide bonds. The first kappa shape index (κ1) is 23.0. The van der Waals surface area contributed by atoms with Gasteiger partial charge in [-0.1, -0.05) is 13.8 Å². The molecule has 0 aromatic carbocycles. The van der Waals surface area contributed by atoms with Crippen molar-refractivity contribution in [2.45, 2.75) is 26.4 Å². The highest BCUT2D eigenvalue weighted by Crippen LogP contribution is 2.09. The Hall–Kier alpha value is -0.280. The normalized spacial score (nSPS) is 31.4. The van der Waals surface area contributed by atoms with Crippen molar-refractivity contribution >= 4 is 0 Å². The van der Waals surface area contributed by atoms with Gasteiger partial charge < -0.3 is 23.7 Å². The van der Waals surface area contributed by atoms with Gasteiger partial charge in [0, 0.05) is 39.3 Å². The lowest BCUT2D eigenvalue weighted by Crippen LogP contribution is -2.35. The van der Waals surface area contributed by atoms with E-state index < -0.39 is 0 Å². The molecule has 2 aliphatic heterocycles. The van der Waals surface area contributed by atoms with Gasteiger partial charge in [-0.05, 0) is 12.3 Å². The molecule has 0 aromatic rings. The molecule has 2 bridgehead atoms. The third-order valence-electron chi connectivity index (χ3n) is 4.93. The molecular formula is C20H40N2O5. The maximum Gasteiger partial charge on any atom is 0.0811 e. The molecule has 2 fully saturated rings. The molecule has 3 atom stereocenters. The zero-order valence-corrected chi connectivity index (χ0v) is 17.4. The van der Waals surface area contributed by atoms with Crippen LogP contribution in [0.4, 0.5) is 0 Å². The maximum atomic E-state index is 6.17. The summed E-state index contributed by atoms with van der Waals surface area (Å²) in [5.74, 6) is 0.602. The van der Waals surface area contributed by atoms with Gasteiger partial charge in [-0.15, -0.1) is 0 Å². The molecule has 0 aliphatic carbocycles. The van der Waals surface area contributed by atoms with Gasteiger partial charge in [0.2, 0.25) is 0 Å². The molecule has 2 heterocycles. The number of ether oxygens (including phenoxy) is 5. The molecule has 2 saturated heterocycles. The molecule has 3 unspecified atom stereocenters. The average molecular weight is 389 g/mol. The fourth-order valence-corrected chi connectivity index (χ4v) is 3.34. The summed E-state index contributed by atoms with van der Waals surface area (Å²) >= 11 is 0. The predicted octanol–water partition coefficient (Wildman–Crippen LogP) is 1.12. The largest absolute Gasteiger partial charge is 0.379 e. The highest BCUT2D eigenvalue weighted by Gasteiger charge is 2.15. The molecule has 0 aromatic heterocycles. The van der Waals surface area contributed by atoms with Crippen LogP contribution >= 0.6 is 0 Å². The summed E-state index contributed by atoms with van der Waals surface area (Å²) in [6.07, 6.45) is 1.20. The summed E-state index contributed by atoms with van der Waals surface area (Å²) in [5.41, 5.74) is 0. The van der Waals surface area contributed by atoms with E-state index in [1.54, 1.807) is 0 Å². The fourth-order valence-electron chi connectivity index (χ4n) is 3.34. The Bertz CT molecular complexity index is 359. The van der Waals surface area contributed by atoms with Gasteiger partial charge in [-0.2, -0.15) is 0 Å². The molecule has 160 valence electrons. The number of fused-ring (bicyclic) bond motifs is 6. The van der Waals surface area contributed by atoms with E-state index in [0.717, 1.165) is 65.5 Å². The van der Waals surface area contributed by atoms with E-state index >= 15 is 0 Å². The molecule has 7 heteroatoms. The average Bonchev–Trinajstić information content (AvgIpc) is 2.65. The van der Waals surface area contributed by atoms with Gasteiger partial charge in [0.1, 0.15) is 0 Å². The first-order valence-electron chi connectivity index (χ1n) is 10.6. The zero-order chi connectivity index (χ0) is 19.2. The van der Waals surface area contributed by atoms with E-state index in [1.165, 1.54) is 0 Å². The van der Waals surface area contributed by atoms with E-state index in [0.29, 0.717) is 45.6 Å². The summed E-state index contributed by atoms with van der Waals surface area (Å²) in [4.78, 5) is 4.72. The van der Waals surface area contributed by atoms with Crippen molar-refractivity contribution in [3.63, 3.8) is 0 Å². The third kappa shape index (κ3) is 11.3. The lowest BCUT2D eigenvalue weighted by Gasteiger charge is -2.25. The molecule has 0 N–H and O–H groups in total. The van der Waals surface area contributed by atoms with Gasteiger partial charge >= 0.3 is 0 Å². The summed E-state index contributed by atoms with van der Waals surface area (Å²) < 4.78 is 29.4. The van der Waals surface area contributed by atoms with Crippen LogP contribution in [-0.4, -0.2) is 115 Å². The second-order valence-corrected chi connectivity index (χ2v) is 7.72. The molecule has 0 radical (unpaired) electrons. The van der Waals surface area contributed by atoms with Gasteiger partial charge in [-0.3, -0.25) is 9.80 Å². The van der Waals surface area contributed by atoms with Gasteiger partial charge in [-0.25, -0.2) is 0 Å². The number of nitrogens with zero attached hydrogens (tertiary/aromatic N) is 2. The lowest BCUT2D eigenvalue weighted by atomic mass is 10.1. The summed E-state index contributed by atoms with van der Waals surface area (Å²) in [5, 5.41) is 0. The standard InChI is InChI=1S/C20H40N2O5/c1-19(2)17-20-18-26-13-7-21-3-9-23-10-4-22(8-14-27-20)6-12-25-16-15-24-11-5-21/h19-20H,3-18H2,1-2H3. The smallest absolute Gasteiger partial charge is 0.0811 e. The Balaban J connectivity index is 1.96. The van der Waals surface area contributed by atoms with Crippen molar-refractivity contribution in [1.82, 2.24) is 9.80 Å². The van der Waals surface area contributed by atoms with Crippen molar-refractivity contribution in [3.05, 3.63) is 0 Å². The van der Waals surface area contributed by atoms with Crippen LogP contribution in [0.2, 0.25) is 0 Å². The molecular weight excluding hydrogens is 348 g/mol. The highest BCUT2D eigenvalue weighted by molar-refractivity contribution is 4.65. The predicted molar refractivity (Wildman–Crippen MR) is 105 cm³/mol. The zero-order valence-electron chi connectivity index (χ0n) is 17.4. The van der Waals surface area contributed by atoms with Crippen LogP contribution < -0.4 is 0 Å². The summed E-state index contributed by atoms with van der Waals surface area (Å²) in [7, 11) is 0. The highest BCUT2D eigenvalue weighted by atomic mass is 16.5. The molecule has 7 nitrogen and oxygen atoms in total. The summed E-state index contributed by atoms with van der Waals surface area (Å²) in [6, 6.07) is 0. The minimum Gasteiger partial charge on any atom is -0.379 e. The van der Waals surface area contributed by atoms with Crippen molar-refractivity contribution in [1.29, 1.82) is 0 Å². The van der Waals surface area contributed by atoms with Gasteiger partial charge in [0.25, 0.3) is 0 Å². The van der Waals surface area contributed by atoms with Gasteiger partial charge in [0.05, 0.1) is 65.6 Å². The second-order valence-electron chi connectivity index (χ2n) is 7.72. The minimum absolute atomic E-state index is 0.167. The van der Waals surface area contributed by atoms with Crippen LogP contribution in [-0.2, 0) is 23.7 Å². The van der Waals surface area contributed by atoms with Gasteiger partial charge in [0.15, 0.2) is 0 Å². The lowest BCUT2D eigenvalue weighted by molar-refractivity contribution is -0.0387. The van der Waals surface area contributed by atoms with E-state index in [-0.39, 0.29) is 6.10 Å². The second kappa shape index (κ2) is 14.7. The van der Waals surface area contributed by atoms with E-state index in [9.17, 15) is 0 Å². The Kier molecular flexibility index (Phi) is 12.5. The fraction of sp³-hybridized carbons (Fsp3) is 1.00. The first-order valence-corrected chi connectivity index (χ1v) is 10.6. The third-order valence-corrected chi connectivity index (χ3v) is 4.93. The molecule has 0 spiro atoms. The Morgan fingerprint density at radius 1 is 0.630 bits per heavy atom. The Morgan fingerprint density at radius 3 is 1.59 bits per heavy atom. The van der Waals surface area contributed by atoms with E-state index in [2.05, 4.69) is 23.6 Å². The number of hydrogen-bond acceptors (Lipinski definition) is 7. The van der Waals surface area contributed by atoms with Crippen LogP contribution in [0.1, 0.15) is 20.3 Å². The van der Waals surface area contributed by atoms with Crippen molar-refractivity contribution in [2.75, 3.05) is 98.7 Å². The topological polar surface area (TPSA) is 52.6 Å². The van der Waals surface area contributed by atoms with Crippen LogP contribution in [0.15, 0.2) is 0 Å². The first-order chi connectivity index (χ1) is 13.2. The number of rotatable bonds is 2. The van der Waals surface area contributed by atoms with Crippen LogP contribution in [0.3, 0.4) is 0 Å². The van der Waals surface area contributed by atoms with Crippen molar-refractivity contribution < 1.29 is 23.7 Å². The molecule has 27 heavy (non-hydrogen) atoms. The SMILES string of the molecule is CC(C)CC1COCCN2CCOCCOCCN(CCOCC2)CCO1. The van der Waals surface area contributed by atoms with Crippen molar-refractivity contribution in [2.24, 2.45) is 5.92 Å². The quantitative estimate of drug-likeness (QED) is 0.657. The van der Waals surface area contributed by atoms with Crippen LogP contribution in [0.5, 0.6) is 0 Å². The molecule has 2 rings (SSSR count). The number of hydrogen-bond donors (Lipinski definition) is 0. The minimum atomic E-state index is 0.167. The van der Waals surface area contributed by atoms with Crippen LogP contribution in [0, 0.1) is 5.92 Å². The monoisotopic (exact) mass is 388 g/mol. The summed E-state index contributed by atoms with van der Waals surface area (Å²) in [6.45, 7) is 16.2. The van der Waals surface area contributed by atoms with E-state index in [4.69, 9.17) is 23.7 Å². The Morgan fingerprint density at radius 2 is 1.07 bits per heavy atom. The maximum absolute atomic E-state index is 6.17.